The molecule has 0 saturated carbocycles. The molecule has 1 aromatic carbocycles. The summed E-state index contributed by atoms with van der Waals surface area (Å²) in [6.07, 6.45) is 6.40. The summed E-state index contributed by atoms with van der Waals surface area (Å²) < 4.78 is 1.61. The molecule has 1 unspecified atom stereocenters. The Hall–Kier alpha value is -2.47. The number of aryl methyl sites for hydroxylation is 1. The highest BCUT2D eigenvalue weighted by atomic mass is 16.3. The highest BCUT2D eigenvalue weighted by Crippen LogP contribution is 2.24. The fourth-order valence-electron chi connectivity index (χ4n) is 3.42. The molecule has 1 aliphatic rings. The molecule has 0 bridgehead atoms. The van der Waals surface area contributed by atoms with Crippen molar-refractivity contribution in [3.8, 4) is 0 Å². The number of amides is 1. The van der Waals surface area contributed by atoms with E-state index in [1.807, 2.05) is 38.1 Å². The molecule has 1 saturated heterocycles. The van der Waals surface area contributed by atoms with Crippen LogP contribution in [0.4, 0.5) is 0 Å². The van der Waals surface area contributed by atoms with E-state index in [-0.39, 0.29) is 5.91 Å². The lowest BCUT2D eigenvalue weighted by Gasteiger charge is -2.38. The van der Waals surface area contributed by atoms with Gasteiger partial charge in [0.2, 0.25) is 5.91 Å². The fourth-order valence-corrected chi connectivity index (χ4v) is 3.42. The van der Waals surface area contributed by atoms with Crippen molar-refractivity contribution in [1.82, 2.24) is 19.9 Å². The van der Waals surface area contributed by atoms with Crippen LogP contribution in [-0.4, -0.2) is 49.6 Å². The van der Waals surface area contributed by atoms with Gasteiger partial charge in [0.25, 0.3) is 0 Å². The molecule has 25 heavy (non-hydrogen) atoms. The predicted molar refractivity (Wildman–Crippen MR) is 95.6 cm³/mol. The van der Waals surface area contributed by atoms with Crippen molar-refractivity contribution in [1.29, 1.82) is 0 Å². The lowest BCUT2D eigenvalue weighted by molar-refractivity contribution is -0.134. The van der Waals surface area contributed by atoms with Gasteiger partial charge < -0.3 is 10.0 Å². The van der Waals surface area contributed by atoms with Crippen molar-refractivity contribution in [3.63, 3.8) is 0 Å². The van der Waals surface area contributed by atoms with E-state index in [4.69, 9.17) is 0 Å². The van der Waals surface area contributed by atoms with Gasteiger partial charge in [-0.05, 0) is 43.4 Å². The zero-order valence-corrected chi connectivity index (χ0v) is 14.7. The summed E-state index contributed by atoms with van der Waals surface area (Å²) in [7, 11) is 0. The van der Waals surface area contributed by atoms with Crippen LogP contribution in [-0.2, 0) is 11.3 Å². The number of carbonyl (C=O) groups is 1. The van der Waals surface area contributed by atoms with Crippen molar-refractivity contribution >= 4 is 11.5 Å². The Morgan fingerprint density at radius 2 is 2.20 bits per heavy atom. The van der Waals surface area contributed by atoms with Crippen molar-refractivity contribution in [2.45, 2.75) is 38.8 Å². The summed E-state index contributed by atoms with van der Waals surface area (Å²) in [6.45, 7) is 5.30. The second-order valence-corrected chi connectivity index (χ2v) is 6.83. The number of piperidine rings is 1. The fraction of sp³-hybridized carbons (Fsp3) is 0.421. The van der Waals surface area contributed by atoms with E-state index in [1.165, 1.54) is 0 Å². The van der Waals surface area contributed by atoms with Crippen molar-refractivity contribution in [2.24, 2.45) is 0 Å². The molecule has 6 nitrogen and oxygen atoms in total. The topological polar surface area (TPSA) is 71.2 Å². The van der Waals surface area contributed by atoms with Gasteiger partial charge in [-0.15, -0.1) is 5.10 Å². The standard InChI is InChI=1S/C19H24N4O2/c1-15-6-3-4-7-17(15)16(2)12-18(24)22-10-5-8-19(25,13-22)14-23-11-9-20-21-23/h3-4,6-7,9,11-12,25H,5,8,10,13-14H2,1-2H3/b16-12+. The average Bonchev–Trinajstić information content (AvgIpc) is 3.07. The number of carbonyl (C=O) groups excluding carboxylic acids is 1. The maximum absolute atomic E-state index is 12.7. The minimum Gasteiger partial charge on any atom is -0.386 e. The summed E-state index contributed by atoms with van der Waals surface area (Å²) in [4.78, 5) is 14.4. The average molecular weight is 340 g/mol. The van der Waals surface area contributed by atoms with Crippen LogP contribution in [0.3, 0.4) is 0 Å². The number of aromatic nitrogens is 3. The van der Waals surface area contributed by atoms with Crippen molar-refractivity contribution in [3.05, 3.63) is 53.9 Å². The Bertz CT molecular complexity index is 769. The van der Waals surface area contributed by atoms with E-state index in [0.29, 0.717) is 26.1 Å². The predicted octanol–water partition coefficient (Wildman–Crippen LogP) is 2.04. The molecule has 0 aliphatic carbocycles. The van der Waals surface area contributed by atoms with Gasteiger partial charge in [0, 0.05) is 18.8 Å². The lowest BCUT2D eigenvalue weighted by atomic mass is 9.92. The summed E-state index contributed by atoms with van der Waals surface area (Å²) in [5.74, 6) is -0.0579. The van der Waals surface area contributed by atoms with E-state index < -0.39 is 5.60 Å². The molecule has 2 aromatic rings. The number of hydrogen-bond donors (Lipinski definition) is 1. The van der Waals surface area contributed by atoms with Crippen LogP contribution in [0, 0.1) is 6.92 Å². The summed E-state index contributed by atoms with van der Waals surface area (Å²) in [5, 5.41) is 18.5. The summed E-state index contributed by atoms with van der Waals surface area (Å²) >= 11 is 0. The van der Waals surface area contributed by atoms with Crippen molar-refractivity contribution in [2.75, 3.05) is 13.1 Å². The third kappa shape index (κ3) is 4.14. The Labute approximate surface area is 147 Å². The largest absolute Gasteiger partial charge is 0.386 e. The maximum Gasteiger partial charge on any atom is 0.246 e. The quantitative estimate of drug-likeness (QED) is 0.865. The van der Waals surface area contributed by atoms with Crippen LogP contribution < -0.4 is 0 Å². The molecule has 1 atom stereocenters. The molecule has 132 valence electrons. The van der Waals surface area contributed by atoms with Gasteiger partial charge in [0.15, 0.2) is 0 Å². The van der Waals surface area contributed by atoms with E-state index >= 15 is 0 Å². The first-order chi connectivity index (χ1) is 12.0. The molecule has 0 spiro atoms. The number of allylic oxidation sites excluding steroid dienone is 1. The number of nitrogens with zero attached hydrogens (tertiary/aromatic N) is 4. The monoisotopic (exact) mass is 340 g/mol. The number of rotatable bonds is 4. The molecule has 3 rings (SSSR count). The minimum atomic E-state index is -0.966. The van der Waals surface area contributed by atoms with E-state index in [2.05, 4.69) is 10.3 Å². The highest BCUT2D eigenvalue weighted by molar-refractivity contribution is 5.95. The molecule has 1 fully saturated rings. The molecule has 1 aliphatic heterocycles. The van der Waals surface area contributed by atoms with Crippen molar-refractivity contribution < 1.29 is 9.90 Å². The van der Waals surface area contributed by atoms with Crippen LogP contribution in [0.15, 0.2) is 42.7 Å². The molecule has 1 aromatic heterocycles. The van der Waals surface area contributed by atoms with E-state index in [9.17, 15) is 9.90 Å². The molecule has 0 radical (unpaired) electrons. The minimum absolute atomic E-state index is 0.0579. The third-order valence-corrected chi connectivity index (χ3v) is 4.71. The molecular formula is C19H24N4O2. The third-order valence-electron chi connectivity index (χ3n) is 4.71. The molecular weight excluding hydrogens is 316 g/mol. The molecule has 1 amide bonds. The molecule has 2 heterocycles. The van der Waals surface area contributed by atoms with Crippen LogP contribution in [0.25, 0.3) is 5.57 Å². The van der Waals surface area contributed by atoms with E-state index in [0.717, 1.165) is 23.1 Å². The first kappa shape index (κ1) is 17.4. The summed E-state index contributed by atoms with van der Waals surface area (Å²) in [6, 6.07) is 8.02. The van der Waals surface area contributed by atoms with Gasteiger partial charge in [-0.2, -0.15) is 0 Å². The number of aliphatic hydroxyl groups is 1. The van der Waals surface area contributed by atoms with Gasteiger partial charge in [-0.1, -0.05) is 29.5 Å². The van der Waals surface area contributed by atoms with Gasteiger partial charge in [-0.25, -0.2) is 4.68 Å². The van der Waals surface area contributed by atoms with E-state index in [1.54, 1.807) is 28.1 Å². The van der Waals surface area contributed by atoms with Gasteiger partial charge >= 0.3 is 0 Å². The van der Waals surface area contributed by atoms with Crippen LogP contribution in [0.5, 0.6) is 0 Å². The highest BCUT2D eigenvalue weighted by Gasteiger charge is 2.35. The molecule has 6 heteroatoms. The van der Waals surface area contributed by atoms with Crippen LogP contribution >= 0.6 is 0 Å². The Kier molecular flexibility index (Phi) is 4.99. The smallest absolute Gasteiger partial charge is 0.246 e. The van der Waals surface area contributed by atoms with Crippen LogP contribution in [0.2, 0.25) is 0 Å². The second kappa shape index (κ2) is 7.19. The van der Waals surface area contributed by atoms with Crippen LogP contribution in [0.1, 0.15) is 30.9 Å². The number of benzene rings is 1. The summed E-state index contributed by atoms with van der Waals surface area (Å²) in [5.41, 5.74) is 2.19. The second-order valence-electron chi connectivity index (χ2n) is 6.83. The van der Waals surface area contributed by atoms with Gasteiger partial charge in [0.1, 0.15) is 5.60 Å². The number of likely N-dealkylation sites (tertiary alicyclic amines) is 1. The zero-order valence-electron chi connectivity index (χ0n) is 14.7. The molecule has 1 N–H and O–H groups in total. The lowest BCUT2D eigenvalue weighted by Crippen LogP contribution is -2.52. The normalized spacial score (nSPS) is 21.4. The Morgan fingerprint density at radius 3 is 2.92 bits per heavy atom. The number of hydrogen-bond acceptors (Lipinski definition) is 4. The maximum atomic E-state index is 12.7. The Balaban J connectivity index is 1.71. The first-order valence-corrected chi connectivity index (χ1v) is 8.57. The Morgan fingerprint density at radius 1 is 1.40 bits per heavy atom. The SMILES string of the molecule is C/C(=C\C(=O)N1CCCC(O)(Cn2ccnn2)C1)c1ccccc1C. The number of β-amino-alcohol motifs (C(OH)–C–C–N with tert-alkyl or cyclic N) is 1. The zero-order chi connectivity index (χ0) is 17.9. The first-order valence-electron chi connectivity index (χ1n) is 8.57. The van der Waals surface area contributed by atoms with Gasteiger partial charge in [-0.3, -0.25) is 4.79 Å². The van der Waals surface area contributed by atoms with Gasteiger partial charge in [0.05, 0.1) is 19.3 Å².